The summed E-state index contributed by atoms with van der Waals surface area (Å²) in [5.74, 6) is 0. The van der Waals surface area contributed by atoms with E-state index in [1.807, 2.05) is 18.2 Å². The van der Waals surface area contributed by atoms with Gasteiger partial charge in [-0.2, -0.15) is 0 Å². The van der Waals surface area contributed by atoms with E-state index in [2.05, 4.69) is 124 Å². The van der Waals surface area contributed by atoms with Crippen LogP contribution in [0, 0.1) is 0 Å². The van der Waals surface area contributed by atoms with Gasteiger partial charge in [-0.3, -0.25) is 8.80 Å². The van der Waals surface area contributed by atoms with Gasteiger partial charge in [0.2, 0.25) is 0 Å². The fourth-order valence-electron chi connectivity index (χ4n) is 6.77. The van der Waals surface area contributed by atoms with Crippen LogP contribution in [0.25, 0.3) is 88.2 Å². The van der Waals surface area contributed by atoms with Gasteiger partial charge in [0.25, 0.3) is 0 Å². The number of aromatic nitrogens is 4. The van der Waals surface area contributed by atoms with Gasteiger partial charge in [-0.05, 0) is 65.7 Å². The number of fused-ring (bicyclic) bond motifs is 15. The molecule has 4 aromatic heterocycles. The molecule has 0 radical (unpaired) electrons. The number of benzene rings is 6. The minimum atomic E-state index is 0.821. The Morgan fingerprint density at radius 2 is 0.930 bits per heavy atom. The average Bonchev–Trinajstić information content (AvgIpc) is 3.74. The van der Waals surface area contributed by atoms with Gasteiger partial charge >= 0.3 is 0 Å². The van der Waals surface area contributed by atoms with E-state index in [0.717, 1.165) is 88.2 Å². The fourth-order valence-corrected chi connectivity index (χ4v) is 6.77. The first kappa shape index (κ1) is 22.7. The van der Waals surface area contributed by atoms with Crippen LogP contribution >= 0.6 is 0 Å². The molecule has 5 nitrogen and oxygen atoms in total. The van der Waals surface area contributed by atoms with Crippen molar-refractivity contribution in [3.63, 3.8) is 0 Å². The number of hydrogen-bond acceptors (Lipinski definition) is 3. The highest BCUT2D eigenvalue weighted by atomic mass is 16.3. The van der Waals surface area contributed by atoms with E-state index in [9.17, 15) is 0 Å². The monoisotopic (exact) mass is 550 g/mol. The first-order valence-corrected chi connectivity index (χ1v) is 14.4. The van der Waals surface area contributed by atoms with Crippen molar-refractivity contribution < 1.29 is 4.42 Å². The third kappa shape index (κ3) is 3.11. The van der Waals surface area contributed by atoms with Crippen LogP contribution in [0.1, 0.15) is 0 Å². The van der Waals surface area contributed by atoms with Crippen LogP contribution < -0.4 is 0 Å². The van der Waals surface area contributed by atoms with Gasteiger partial charge in [-0.1, -0.05) is 78.9 Å². The molecule has 0 aliphatic carbocycles. The van der Waals surface area contributed by atoms with Crippen molar-refractivity contribution in [2.45, 2.75) is 0 Å². The molecule has 43 heavy (non-hydrogen) atoms. The third-order valence-electron chi connectivity index (χ3n) is 8.71. The molecule has 10 aromatic rings. The fraction of sp³-hybridized carbons (Fsp3) is 0. The van der Waals surface area contributed by atoms with Crippen molar-refractivity contribution in [2.24, 2.45) is 0 Å². The van der Waals surface area contributed by atoms with Gasteiger partial charge in [-0.15, -0.1) is 0 Å². The first-order valence-electron chi connectivity index (χ1n) is 14.4. The molecule has 6 aromatic carbocycles. The lowest BCUT2D eigenvalue weighted by Gasteiger charge is -2.08. The van der Waals surface area contributed by atoms with Gasteiger partial charge in [0, 0.05) is 21.5 Å². The second kappa shape index (κ2) is 8.30. The van der Waals surface area contributed by atoms with Crippen LogP contribution in [0.15, 0.2) is 138 Å². The maximum atomic E-state index is 6.10. The van der Waals surface area contributed by atoms with E-state index in [1.165, 1.54) is 0 Å². The number of hydrogen-bond donors (Lipinski definition) is 0. The average molecular weight is 551 g/mol. The molecular weight excluding hydrogens is 528 g/mol. The SMILES string of the molecule is c1ccc2c(c1)nc1c3nc4ccc(-c5ccc6oc7ccccc7c6c5)cc4n3c3ccccc3c3ccccc3n21. The Morgan fingerprint density at radius 3 is 1.70 bits per heavy atom. The zero-order valence-corrected chi connectivity index (χ0v) is 22.9. The number of imidazole rings is 2. The van der Waals surface area contributed by atoms with Crippen molar-refractivity contribution in [3.8, 4) is 11.1 Å². The molecule has 0 bridgehead atoms. The summed E-state index contributed by atoms with van der Waals surface area (Å²) in [4.78, 5) is 10.4. The standard InChI is InChI=1S/C38H22N4O/c1-5-13-31-25(9-1)26-10-2-6-14-32(26)42-34-22-24(23-18-20-36-28(21-23)27-11-3-8-16-35(27)43-36)17-19-30(34)40-38(42)37-39-29-12-4-7-15-33(29)41(31)37/h1-22H. The number of nitrogens with zero attached hydrogens (tertiary/aromatic N) is 4. The number of para-hydroxylation sites is 5. The smallest absolute Gasteiger partial charge is 0.182 e. The van der Waals surface area contributed by atoms with Crippen LogP contribution in [-0.2, 0) is 0 Å². The molecule has 0 fully saturated rings. The summed E-state index contributed by atoms with van der Waals surface area (Å²) in [6.45, 7) is 0. The third-order valence-corrected chi connectivity index (χ3v) is 8.71. The van der Waals surface area contributed by atoms with Crippen molar-refractivity contribution >= 4 is 77.1 Å². The van der Waals surface area contributed by atoms with E-state index in [-0.39, 0.29) is 0 Å². The van der Waals surface area contributed by atoms with Crippen molar-refractivity contribution in [3.05, 3.63) is 133 Å². The Kier molecular flexibility index (Phi) is 4.39. The maximum Gasteiger partial charge on any atom is 0.182 e. The van der Waals surface area contributed by atoms with Crippen molar-refractivity contribution in [1.29, 1.82) is 0 Å². The lowest BCUT2D eigenvalue weighted by atomic mass is 10.0. The Bertz CT molecular complexity index is 2800. The predicted octanol–water partition coefficient (Wildman–Crippen LogP) is 9.72. The zero-order chi connectivity index (χ0) is 28.1. The second-order valence-electron chi connectivity index (χ2n) is 11.1. The van der Waals surface area contributed by atoms with Gasteiger partial charge in [0.05, 0.1) is 33.1 Å². The highest BCUT2D eigenvalue weighted by Crippen LogP contribution is 2.35. The van der Waals surface area contributed by atoms with Crippen LogP contribution in [-0.4, -0.2) is 18.8 Å². The van der Waals surface area contributed by atoms with Gasteiger partial charge in [-0.25, -0.2) is 9.97 Å². The van der Waals surface area contributed by atoms with E-state index in [0.29, 0.717) is 0 Å². The number of rotatable bonds is 1. The summed E-state index contributed by atoms with van der Waals surface area (Å²) in [5.41, 5.74) is 11.8. The molecule has 10 rings (SSSR count). The van der Waals surface area contributed by atoms with Crippen LogP contribution in [0.3, 0.4) is 0 Å². The van der Waals surface area contributed by atoms with Crippen molar-refractivity contribution in [2.75, 3.05) is 0 Å². The molecule has 0 saturated carbocycles. The van der Waals surface area contributed by atoms with E-state index in [1.54, 1.807) is 0 Å². The van der Waals surface area contributed by atoms with Crippen LogP contribution in [0.5, 0.6) is 0 Å². The molecule has 0 aliphatic heterocycles. The van der Waals surface area contributed by atoms with E-state index in [4.69, 9.17) is 14.4 Å². The molecule has 5 heteroatoms. The summed E-state index contributed by atoms with van der Waals surface area (Å²) in [5, 5.41) is 4.55. The second-order valence-corrected chi connectivity index (χ2v) is 11.1. The molecule has 0 spiro atoms. The Hall–Kier alpha value is -5.94. The lowest BCUT2D eigenvalue weighted by molar-refractivity contribution is 0.669. The van der Waals surface area contributed by atoms with Gasteiger partial charge in [0.15, 0.2) is 11.3 Å². The van der Waals surface area contributed by atoms with Crippen LogP contribution in [0.2, 0.25) is 0 Å². The highest BCUT2D eigenvalue weighted by molar-refractivity contribution is 6.09. The molecule has 0 unspecified atom stereocenters. The molecule has 0 amide bonds. The summed E-state index contributed by atoms with van der Waals surface area (Å²) in [6, 6.07) is 46.7. The zero-order valence-electron chi connectivity index (χ0n) is 22.9. The normalized spacial score (nSPS) is 12.2. The van der Waals surface area contributed by atoms with Crippen LogP contribution in [0.4, 0.5) is 0 Å². The van der Waals surface area contributed by atoms with Crippen molar-refractivity contribution in [1.82, 2.24) is 18.8 Å². The minimum absolute atomic E-state index is 0.821. The Balaban J connectivity index is 1.38. The maximum absolute atomic E-state index is 6.10. The minimum Gasteiger partial charge on any atom is -0.456 e. The van der Waals surface area contributed by atoms with Gasteiger partial charge < -0.3 is 4.42 Å². The summed E-state index contributed by atoms with van der Waals surface area (Å²) < 4.78 is 10.7. The predicted molar refractivity (Wildman–Crippen MR) is 175 cm³/mol. The highest BCUT2D eigenvalue weighted by Gasteiger charge is 2.17. The molecule has 4 heterocycles. The topological polar surface area (TPSA) is 47.7 Å². The molecule has 0 atom stereocenters. The van der Waals surface area contributed by atoms with Gasteiger partial charge in [0.1, 0.15) is 11.2 Å². The quantitative estimate of drug-likeness (QED) is 0.204. The first-order chi connectivity index (χ1) is 21.3. The van der Waals surface area contributed by atoms with E-state index >= 15 is 0 Å². The summed E-state index contributed by atoms with van der Waals surface area (Å²) in [6.07, 6.45) is 0. The largest absolute Gasteiger partial charge is 0.456 e. The molecular formula is C38H22N4O. The summed E-state index contributed by atoms with van der Waals surface area (Å²) >= 11 is 0. The number of furan rings is 1. The lowest BCUT2D eigenvalue weighted by Crippen LogP contribution is -1.94. The molecule has 0 aliphatic rings. The molecule has 200 valence electrons. The molecule has 0 N–H and O–H groups in total. The molecule has 0 saturated heterocycles. The van der Waals surface area contributed by atoms with E-state index < -0.39 is 0 Å². The Morgan fingerprint density at radius 1 is 0.395 bits per heavy atom. The summed E-state index contributed by atoms with van der Waals surface area (Å²) in [7, 11) is 0. The Labute approximate surface area is 244 Å².